The van der Waals surface area contributed by atoms with Crippen molar-refractivity contribution in [3.8, 4) is 0 Å². The standard InChI is InChI=1S/C27H38O5/c1-5-6-7-8-9-10-25(28)32-24(27(3,4)30)17-12-20(2)11-13-21-14-15-22-16-18-26(29)31-23(22)19-21/h11,14-16,18-19,24,30H,5-10,12-13,17H2,1-4H3/b20-11+/t24-/m1/s1. The van der Waals surface area contributed by atoms with E-state index in [0.717, 1.165) is 42.2 Å². The maximum Gasteiger partial charge on any atom is 0.336 e. The Morgan fingerprint density at radius 2 is 1.84 bits per heavy atom. The summed E-state index contributed by atoms with van der Waals surface area (Å²) in [6, 6.07) is 9.04. The summed E-state index contributed by atoms with van der Waals surface area (Å²) in [5.41, 5.74) is 1.36. The van der Waals surface area contributed by atoms with Gasteiger partial charge >= 0.3 is 11.6 Å². The van der Waals surface area contributed by atoms with E-state index in [2.05, 4.69) is 13.0 Å². The molecule has 0 radical (unpaired) electrons. The number of hydrogen-bond acceptors (Lipinski definition) is 5. The lowest BCUT2D eigenvalue weighted by Gasteiger charge is -2.29. The minimum absolute atomic E-state index is 0.229. The number of aliphatic hydroxyl groups is 1. The van der Waals surface area contributed by atoms with Crippen molar-refractivity contribution in [2.24, 2.45) is 0 Å². The third-order valence-electron chi connectivity index (χ3n) is 5.72. The lowest BCUT2D eigenvalue weighted by Crippen LogP contribution is -2.39. The molecule has 1 heterocycles. The van der Waals surface area contributed by atoms with Gasteiger partial charge in [0.2, 0.25) is 0 Å². The van der Waals surface area contributed by atoms with Crippen LogP contribution in [0.25, 0.3) is 11.0 Å². The number of benzene rings is 1. The van der Waals surface area contributed by atoms with Crippen molar-refractivity contribution in [1.82, 2.24) is 0 Å². The molecule has 5 heteroatoms. The lowest BCUT2D eigenvalue weighted by molar-refractivity contribution is -0.162. The SMILES string of the molecule is CCCCCCCC(=O)O[C@H](CC/C(C)=C/Cc1ccc2ccc(=O)oc2c1)C(C)(C)O. The first-order valence-electron chi connectivity index (χ1n) is 11.8. The Morgan fingerprint density at radius 1 is 1.12 bits per heavy atom. The summed E-state index contributed by atoms with van der Waals surface area (Å²) in [5.74, 6) is -0.229. The highest BCUT2D eigenvalue weighted by molar-refractivity contribution is 5.76. The molecule has 0 aliphatic rings. The largest absolute Gasteiger partial charge is 0.459 e. The monoisotopic (exact) mass is 442 g/mol. The molecule has 1 atom stereocenters. The van der Waals surface area contributed by atoms with Crippen LogP contribution in [-0.4, -0.2) is 22.8 Å². The van der Waals surface area contributed by atoms with Gasteiger partial charge in [0.15, 0.2) is 0 Å². The predicted molar refractivity (Wildman–Crippen MR) is 129 cm³/mol. The Kier molecular flexibility index (Phi) is 10.2. The Labute approximate surface area is 191 Å². The molecule has 0 saturated carbocycles. The summed E-state index contributed by atoms with van der Waals surface area (Å²) in [6.07, 6.45) is 9.39. The van der Waals surface area contributed by atoms with Crippen LogP contribution in [0.15, 0.2) is 51.2 Å². The van der Waals surface area contributed by atoms with Crippen LogP contribution in [0.5, 0.6) is 0 Å². The van der Waals surface area contributed by atoms with Crippen LogP contribution in [0.1, 0.15) is 84.6 Å². The van der Waals surface area contributed by atoms with Crippen LogP contribution in [0, 0.1) is 0 Å². The highest BCUT2D eigenvalue weighted by atomic mass is 16.6. The summed E-state index contributed by atoms with van der Waals surface area (Å²) < 4.78 is 10.9. The summed E-state index contributed by atoms with van der Waals surface area (Å²) >= 11 is 0. The zero-order chi connectivity index (χ0) is 23.6. The third-order valence-corrected chi connectivity index (χ3v) is 5.72. The smallest absolute Gasteiger partial charge is 0.336 e. The summed E-state index contributed by atoms with van der Waals surface area (Å²) in [7, 11) is 0. The van der Waals surface area contributed by atoms with Gasteiger partial charge in [-0.3, -0.25) is 4.79 Å². The van der Waals surface area contributed by atoms with E-state index in [0.29, 0.717) is 24.8 Å². The van der Waals surface area contributed by atoms with E-state index in [1.54, 1.807) is 19.9 Å². The van der Waals surface area contributed by atoms with Crippen molar-refractivity contribution in [1.29, 1.82) is 0 Å². The first-order chi connectivity index (χ1) is 15.2. The van der Waals surface area contributed by atoms with Gasteiger partial charge < -0.3 is 14.3 Å². The quantitative estimate of drug-likeness (QED) is 0.175. The topological polar surface area (TPSA) is 76.7 Å². The van der Waals surface area contributed by atoms with Gasteiger partial charge in [-0.15, -0.1) is 0 Å². The zero-order valence-electron chi connectivity index (χ0n) is 20.0. The molecule has 0 unspecified atom stereocenters. The highest BCUT2D eigenvalue weighted by Gasteiger charge is 2.30. The van der Waals surface area contributed by atoms with E-state index in [1.807, 2.05) is 25.1 Å². The van der Waals surface area contributed by atoms with Gasteiger partial charge in [0, 0.05) is 17.9 Å². The maximum absolute atomic E-state index is 12.2. The number of allylic oxidation sites excluding steroid dienone is 2. The van der Waals surface area contributed by atoms with Gasteiger partial charge in [-0.1, -0.05) is 56.4 Å². The molecule has 32 heavy (non-hydrogen) atoms. The predicted octanol–water partition coefficient (Wildman–Crippen LogP) is 6.11. The normalized spacial score (nSPS) is 13.3. The number of hydrogen-bond donors (Lipinski definition) is 1. The van der Waals surface area contributed by atoms with Crippen LogP contribution >= 0.6 is 0 Å². The first kappa shape index (κ1) is 25.9. The fraction of sp³-hybridized carbons (Fsp3) is 0.556. The number of carbonyl (C=O) groups excluding carboxylic acids is 1. The molecule has 0 spiro atoms. The molecule has 0 aliphatic heterocycles. The van der Waals surface area contributed by atoms with Crippen LogP contribution in [0.2, 0.25) is 0 Å². The molecule has 176 valence electrons. The molecular formula is C27H38O5. The molecule has 0 saturated heterocycles. The van der Waals surface area contributed by atoms with E-state index in [-0.39, 0.29) is 11.6 Å². The van der Waals surface area contributed by atoms with Crippen LogP contribution < -0.4 is 5.63 Å². The van der Waals surface area contributed by atoms with Crippen molar-refractivity contribution >= 4 is 16.9 Å². The van der Waals surface area contributed by atoms with Crippen LogP contribution in [0.4, 0.5) is 0 Å². The Morgan fingerprint density at radius 3 is 2.56 bits per heavy atom. The number of unbranched alkanes of at least 4 members (excludes halogenated alkanes) is 4. The van der Waals surface area contributed by atoms with Gasteiger partial charge in [-0.05, 0) is 64.2 Å². The molecule has 0 aliphatic carbocycles. The molecule has 0 fully saturated rings. The van der Waals surface area contributed by atoms with E-state index in [1.165, 1.54) is 18.9 Å². The van der Waals surface area contributed by atoms with Gasteiger partial charge in [0.25, 0.3) is 0 Å². The van der Waals surface area contributed by atoms with E-state index >= 15 is 0 Å². The van der Waals surface area contributed by atoms with Gasteiger partial charge in [-0.2, -0.15) is 0 Å². The first-order valence-corrected chi connectivity index (χ1v) is 11.8. The summed E-state index contributed by atoms with van der Waals surface area (Å²) in [5, 5.41) is 11.4. The molecular weight excluding hydrogens is 404 g/mol. The minimum atomic E-state index is -1.09. The maximum atomic E-state index is 12.2. The molecule has 0 bridgehead atoms. The molecule has 1 N–H and O–H groups in total. The number of carbonyl (C=O) groups is 1. The van der Waals surface area contributed by atoms with Crippen LogP contribution in [0.3, 0.4) is 0 Å². The molecule has 5 nitrogen and oxygen atoms in total. The van der Waals surface area contributed by atoms with Crippen molar-refractivity contribution in [2.45, 2.75) is 97.2 Å². The second-order valence-electron chi connectivity index (χ2n) is 9.22. The van der Waals surface area contributed by atoms with Gasteiger partial charge in [-0.25, -0.2) is 4.79 Å². The Bertz CT molecular complexity index is 948. The molecule has 2 rings (SSSR count). The van der Waals surface area contributed by atoms with E-state index in [9.17, 15) is 14.7 Å². The van der Waals surface area contributed by atoms with Crippen molar-refractivity contribution in [3.63, 3.8) is 0 Å². The number of ether oxygens (including phenoxy) is 1. The van der Waals surface area contributed by atoms with E-state index < -0.39 is 11.7 Å². The minimum Gasteiger partial charge on any atom is -0.459 e. The fourth-order valence-electron chi connectivity index (χ4n) is 3.63. The average molecular weight is 443 g/mol. The molecule has 2 aromatic rings. The average Bonchev–Trinajstić information content (AvgIpc) is 2.73. The number of fused-ring (bicyclic) bond motifs is 1. The molecule has 0 amide bonds. The van der Waals surface area contributed by atoms with Crippen molar-refractivity contribution in [2.75, 3.05) is 0 Å². The highest BCUT2D eigenvalue weighted by Crippen LogP contribution is 2.22. The fourth-order valence-corrected chi connectivity index (χ4v) is 3.63. The zero-order valence-corrected chi connectivity index (χ0v) is 20.0. The summed E-state index contributed by atoms with van der Waals surface area (Å²) in [4.78, 5) is 23.7. The van der Waals surface area contributed by atoms with Crippen molar-refractivity contribution < 1.29 is 19.1 Å². The second-order valence-corrected chi connectivity index (χ2v) is 9.22. The summed E-state index contributed by atoms with van der Waals surface area (Å²) in [6.45, 7) is 7.58. The van der Waals surface area contributed by atoms with Crippen molar-refractivity contribution in [3.05, 3.63) is 58.0 Å². The third kappa shape index (κ3) is 8.99. The Hall–Kier alpha value is -2.40. The van der Waals surface area contributed by atoms with Gasteiger partial charge in [0.05, 0.1) is 5.60 Å². The number of rotatable bonds is 13. The lowest BCUT2D eigenvalue weighted by atomic mass is 9.95. The van der Waals surface area contributed by atoms with Crippen LogP contribution in [-0.2, 0) is 16.0 Å². The second kappa shape index (κ2) is 12.6. The van der Waals surface area contributed by atoms with Gasteiger partial charge in [0.1, 0.15) is 11.7 Å². The Balaban J connectivity index is 1.88. The molecule has 1 aromatic carbocycles. The van der Waals surface area contributed by atoms with E-state index in [4.69, 9.17) is 9.15 Å². The number of esters is 1. The molecule has 1 aromatic heterocycles.